The van der Waals surface area contributed by atoms with Crippen molar-refractivity contribution in [3.8, 4) is 0 Å². The van der Waals surface area contributed by atoms with Crippen LogP contribution in [0.1, 0.15) is 278 Å². The maximum atomic E-state index is 13.5. The minimum Gasteiger partial charge on any atom is -0.456 e. The Kier molecular flexibility index (Phi) is 51.5. The van der Waals surface area contributed by atoms with E-state index in [4.69, 9.17) is 13.8 Å². The van der Waals surface area contributed by atoms with Crippen LogP contribution in [0.15, 0.2) is 60.8 Å². The highest BCUT2D eigenvalue weighted by Crippen LogP contribution is 2.43. The summed E-state index contributed by atoms with van der Waals surface area (Å²) in [5.74, 6) is -0.515. The first-order chi connectivity index (χ1) is 35.4. The van der Waals surface area contributed by atoms with Crippen LogP contribution in [0, 0.1) is 0 Å². The first-order valence-corrected chi connectivity index (χ1v) is 32.1. The summed E-state index contributed by atoms with van der Waals surface area (Å²) in [6.45, 7) is 6.96. The quantitative estimate of drug-likeness (QED) is 0.0205. The fourth-order valence-corrected chi connectivity index (χ4v) is 9.38. The Balaban J connectivity index is 5.25. The molecular weight excluding hydrogens is 928 g/mol. The molecule has 0 saturated carbocycles. The molecular formula is C63H118N2O7P+. The van der Waals surface area contributed by atoms with Crippen molar-refractivity contribution in [3.05, 3.63) is 60.8 Å². The predicted octanol–water partition coefficient (Wildman–Crippen LogP) is 18.7. The molecule has 0 aliphatic rings. The number of nitrogens with zero attached hydrogens (tertiary/aromatic N) is 1. The Morgan fingerprint density at radius 2 is 0.836 bits per heavy atom. The fraction of sp³-hybridized carbons (Fsp3) is 0.810. The van der Waals surface area contributed by atoms with Crippen LogP contribution in [0.3, 0.4) is 0 Å². The van der Waals surface area contributed by atoms with Gasteiger partial charge >= 0.3 is 13.8 Å². The molecule has 0 aliphatic carbocycles. The van der Waals surface area contributed by atoms with Crippen LogP contribution in [0.2, 0.25) is 0 Å². The number of phosphoric ester groups is 1. The molecule has 0 radical (unpaired) electrons. The van der Waals surface area contributed by atoms with Crippen LogP contribution in [0.4, 0.5) is 0 Å². The van der Waals surface area contributed by atoms with E-state index in [-0.39, 0.29) is 31.5 Å². The van der Waals surface area contributed by atoms with Gasteiger partial charge in [-0.3, -0.25) is 18.6 Å². The first kappa shape index (κ1) is 70.7. The minimum atomic E-state index is -4.45. The molecule has 0 rings (SSSR count). The molecule has 9 nitrogen and oxygen atoms in total. The largest absolute Gasteiger partial charge is 0.472 e. The smallest absolute Gasteiger partial charge is 0.456 e. The Hall–Kier alpha value is -2.29. The summed E-state index contributed by atoms with van der Waals surface area (Å²) in [5.41, 5.74) is 0. The Bertz CT molecular complexity index is 1440. The summed E-state index contributed by atoms with van der Waals surface area (Å²) in [6, 6.07) is -0.854. The summed E-state index contributed by atoms with van der Waals surface area (Å²) in [5, 5.41) is 3.05. The average Bonchev–Trinajstić information content (AvgIpc) is 3.35. The van der Waals surface area contributed by atoms with E-state index in [1.165, 1.54) is 161 Å². The lowest BCUT2D eigenvalue weighted by molar-refractivity contribution is -0.870. The number of esters is 1. The molecule has 0 heterocycles. The Labute approximate surface area is 451 Å². The molecule has 1 amide bonds. The van der Waals surface area contributed by atoms with Crippen LogP contribution in [-0.2, 0) is 27.9 Å². The first-order valence-electron chi connectivity index (χ1n) is 30.6. The average molecular weight is 1050 g/mol. The molecule has 0 bridgehead atoms. The highest BCUT2D eigenvalue weighted by Gasteiger charge is 2.30. The SMILES string of the molecule is CCCCC/C=C\C/C=C\CCCCCCCCCCCC(=O)NC(COP(=O)(O)OCC[N+](C)(C)C)C(/C=C/CCCCCCCCCCC)OC(=O)CCCCCCCCC/C=C\C/C=C\CCCCC. The summed E-state index contributed by atoms with van der Waals surface area (Å²) in [7, 11) is 1.49. The van der Waals surface area contributed by atoms with Crippen molar-refractivity contribution in [2.45, 2.75) is 290 Å². The molecule has 0 saturated heterocycles. The number of hydrogen-bond donors (Lipinski definition) is 2. The van der Waals surface area contributed by atoms with Gasteiger partial charge in [-0.2, -0.15) is 0 Å². The number of carbonyl (C=O) groups is 2. The number of quaternary nitrogens is 1. The Morgan fingerprint density at radius 1 is 0.479 bits per heavy atom. The monoisotopic (exact) mass is 1050 g/mol. The van der Waals surface area contributed by atoms with Crippen molar-refractivity contribution in [1.29, 1.82) is 0 Å². The number of nitrogens with one attached hydrogen (secondary N) is 1. The molecule has 0 spiro atoms. The lowest BCUT2D eigenvalue weighted by Crippen LogP contribution is -2.47. The van der Waals surface area contributed by atoms with Crippen LogP contribution in [0.25, 0.3) is 0 Å². The number of unbranched alkanes of at least 4 members (excludes halogenated alkanes) is 31. The summed E-state index contributed by atoms with van der Waals surface area (Å²) >= 11 is 0. The van der Waals surface area contributed by atoms with Crippen LogP contribution in [0.5, 0.6) is 0 Å². The van der Waals surface area contributed by atoms with E-state index in [9.17, 15) is 19.0 Å². The van der Waals surface area contributed by atoms with E-state index in [2.05, 4.69) is 74.7 Å². The number of ether oxygens (including phenoxy) is 1. The van der Waals surface area contributed by atoms with Crippen molar-refractivity contribution in [3.63, 3.8) is 0 Å². The predicted molar refractivity (Wildman–Crippen MR) is 314 cm³/mol. The number of phosphoric acid groups is 1. The van der Waals surface area contributed by atoms with Crippen LogP contribution >= 0.6 is 7.82 Å². The highest BCUT2D eigenvalue weighted by atomic mass is 31.2. The maximum absolute atomic E-state index is 13.5. The number of carbonyl (C=O) groups excluding carboxylic acids is 2. The third kappa shape index (κ3) is 54.3. The number of allylic oxidation sites excluding steroid dienone is 9. The number of likely N-dealkylation sites (N-methyl/N-ethyl adjacent to an activating group) is 1. The summed E-state index contributed by atoms with van der Waals surface area (Å²) < 4.78 is 30.7. The standard InChI is InChI=1S/C63H117N2O7P/c1-7-10-13-16-19-22-25-27-29-31-32-34-35-37-40-43-46-49-52-55-62(66)64-60(59-71-73(68,69)70-58-57-65(4,5)6)61(54-51-48-45-42-39-24-21-18-15-12-9-3)72-63(67)56-53-50-47-44-41-38-36-33-30-28-26-23-20-17-14-11-8-2/h19-20,22-23,27-30,51,54,60-61H,7-18,21,24-26,31-50,52-53,55-59H2,1-6H3,(H-,64,66,68,69)/p+1/b22-19-,23-20-,29-27-,30-28-,54-51+. The van der Waals surface area contributed by atoms with E-state index in [0.29, 0.717) is 17.4 Å². The zero-order valence-corrected chi connectivity index (χ0v) is 49.5. The molecule has 10 heteroatoms. The second kappa shape index (κ2) is 53.1. The molecule has 0 aromatic rings. The second-order valence-electron chi connectivity index (χ2n) is 21.9. The van der Waals surface area contributed by atoms with Crippen molar-refractivity contribution in [1.82, 2.24) is 5.32 Å². The maximum Gasteiger partial charge on any atom is 0.472 e. The third-order valence-corrected chi connectivity index (χ3v) is 14.4. The van der Waals surface area contributed by atoms with Gasteiger partial charge in [0, 0.05) is 12.8 Å². The lowest BCUT2D eigenvalue weighted by atomic mass is 10.0. The molecule has 0 fully saturated rings. The van der Waals surface area contributed by atoms with Crippen LogP contribution < -0.4 is 5.32 Å². The molecule has 3 atom stereocenters. The van der Waals surface area contributed by atoms with E-state index in [0.717, 1.165) is 83.5 Å². The molecule has 0 aromatic carbocycles. The van der Waals surface area contributed by atoms with Crippen molar-refractivity contribution in [2.24, 2.45) is 0 Å². The normalized spacial score (nSPS) is 14.1. The van der Waals surface area contributed by atoms with Crippen molar-refractivity contribution < 1.29 is 37.3 Å². The zero-order chi connectivity index (χ0) is 53.6. The van der Waals surface area contributed by atoms with Gasteiger partial charge in [0.25, 0.3) is 0 Å². The fourth-order valence-electron chi connectivity index (χ4n) is 8.65. The van der Waals surface area contributed by atoms with E-state index < -0.39 is 20.0 Å². The van der Waals surface area contributed by atoms with E-state index >= 15 is 0 Å². The zero-order valence-electron chi connectivity index (χ0n) is 48.6. The van der Waals surface area contributed by atoms with Gasteiger partial charge in [-0.25, -0.2) is 4.57 Å². The number of amides is 1. The van der Waals surface area contributed by atoms with Gasteiger partial charge in [0.2, 0.25) is 5.91 Å². The van der Waals surface area contributed by atoms with Gasteiger partial charge in [0.05, 0.1) is 33.8 Å². The molecule has 73 heavy (non-hydrogen) atoms. The number of rotatable bonds is 55. The minimum absolute atomic E-state index is 0.0369. The molecule has 0 aliphatic heterocycles. The van der Waals surface area contributed by atoms with Crippen molar-refractivity contribution >= 4 is 19.7 Å². The van der Waals surface area contributed by atoms with E-state index in [1.807, 2.05) is 33.3 Å². The van der Waals surface area contributed by atoms with E-state index in [1.54, 1.807) is 0 Å². The van der Waals surface area contributed by atoms with Crippen LogP contribution in [-0.4, -0.2) is 74.3 Å². The summed E-state index contributed by atoms with van der Waals surface area (Å²) in [6.07, 6.45) is 66.4. The Morgan fingerprint density at radius 3 is 1.26 bits per heavy atom. The second-order valence-corrected chi connectivity index (χ2v) is 23.3. The van der Waals surface area contributed by atoms with Gasteiger partial charge < -0.3 is 19.4 Å². The van der Waals surface area contributed by atoms with Gasteiger partial charge in [-0.15, -0.1) is 0 Å². The van der Waals surface area contributed by atoms with Crippen molar-refractivity contribution in [2.75, 3.05) is 40.9 Å². The molecule has 2 N–H and O–H groups in total. The van der Waals surface area contributed by atoms with Gasteiger partial charge in [0.15, 0.2) is 0 Å². The van der Waals surface area contributed by atoms with Gasteiger partial charge in [-0.05, 0) is 96.0 Å². The van der Waals surface area contributed by atoms with Gasteiger partial charge in [0.1, 0.15) is 19.3 Å². The summed E-state index contributed by atoms with van der Waals surface area (Å²) in [4.78, 5) is 37.7. The molecule has 0 aromatic heterocycles. The molecule has 426 valence electrons. The van der Waals surface area contributed by atoms with Gasteiger partial charge in [-0.1, -0.05) is 230 Å². The topological polar surface area (TPSA) is 111 Å². The molecule has 3 unspecified atom stereocenters. The highest BCUT2D eigenvalue weighted by molar-refractivity contribution is 7.47. The lowest BCUT2D eigenvalue weighted by Gasteiger charge is -2.27. The number of hydrogen-bond acceptors (Lipinski definition) is 6. The third-order valence-electron chi connectivity index (χ3n) is 13.4.